The molecule has 1 aromatic rings. The highest BCUT2D eigenvalue weighted by Crippen LogP contribution is 2.26. The Labute approximate surface area is 147 Å². The molecule has 0 N–H and O–H groups in total. The van der Waals surface area contributed by atoms with Crippen LogP contribution in [0.3, 0.4) is 0 Å². The standard InChI is InChI=1S/C16H20F4O6/c1-22-4-5-24-8-9-25-7-6-23-3-2-13(21)26-16-14(19)11(17)10-12(18)15(16)20/h10H,2-9H2,1H3. The first-order valence-corrected chi connectivity index (χ1v) is 7.73. The van der Waals surface area contributed by atoms with Crippen molar-refractivity contribution in [1.82, 2.24) is 0 Å². The molecule has 26 heavy (non-hydrogen) atoms. The minimum absolute atomic E-state index is 0.0216. The average molecular weight is 384 g/mol. The van der Waals surface area contributed by atoms with Gasteiger partial charge in [-0.25, -0.2) is 8.78 Å². The van der Waals surface area contributed by atoms with Crippen molar-refractivity contribution in [2.75, 3.05) is 53.4 Å². The van der Waals surface area contributed by atoms with E-state index in [9.17, 15) is 22.4 Å². The van der Waals surface area contributed by atoms with Crippen molar-refractivity contribution >= 4 is 5.97 Å². The van der Waals surface area contributed by atoms with Gasteiger partial charge in [-0.1, -0.05) is 0 Å². The van der Waals surface area contributed by atoms with Crippen LogP contribution in [0.25, 0.3) is 0 Å². The Kier molecular flexibility index (Phi) is 10.8. The highest BCUT2D eigenvalue weighted by atomic mass is 19.2. The van der Waals surface area contributed by atoms with E-state index in [-0.39, 0.29) is 32.3 Å². The second-order valence-corrected chi connectivity index (χ2v) is 4.85. The lowest BCUT2D eigenvalue weighted by Gasteiger charge is -2.08. The summed E-state index contributed by atoms with van der Waals surface area (Å²) in [5, 5.41) is 0. The Morgan fingerprint density at radius 1 is 0.808 bits per heavy atom. The molecule has 0 radical (unpaired) electrons. The van der Waals surface area contributed by atoms with Gasteiger partial charge in [0.1, 0.15) is 0 Å². The molecule has 0 saturated carbocycles. The third-order valence-corrected chi connectivity index (χ3v) is 2.91. The predicted octanol–water partition coefficient (Wildman–Crippen LogP) is 2.23. The highest BCUT2D eigenvalue weighted by molar-refractivity contribution is 5.72. The molecule has 6 nitrogen and oxygen atoms in total. The van der Waals surface area contributed by atoms with Crippen LogP contribution in [-0.2, 0) is 23.7 Å². The van der Waals surface area contributed by atoms with Crippen LogP contribution in [0.5, 0.6) is 5.75 Å². The minimum atomic E-state index is -1.78. The van der Waals surface area contributed by atoms with Crippen molar-refractivity contribution < 1.29 is 46.0 Å². The molecule has 1 rings (SSSR count). The summed E-state index contributed by atoms with van der Waals surface area (Å²) in [6, 6.07) is 0.0216. The van der Waals surface area contributed by atoms with E-state index < -0.39 is 35.0 Å². The first-order valence-electron chi connectivity index (χ1n) is 7.73. The van der Waals surface area contributed by atoms with E-state index in [0.717, 1.165) is 0 Å². The van der Waals surface area contributed by atoms with Gasteiger partial charge in [-0.3, -0.25) is 4.79 Å². The number of halogens is 4. The maximum Gasteiger partial charge on any atom is 0.313 e. The zero-order valence-electron chi connectivity index (χ0n) is 14.2. The molecule has 0 fully saturated rings. The quantitative estimate of drug-likeness (QED) is 0.171. The zero-order chi connectivity index (χ0) is 19.4. The fraction of sp³-hybridized carbons (Fsp3) is 0.562. The fourth-order valence-electron chi connectivity index (χ4n) is 1.65. The summed E-state index contributed by atoms with van der Waals surface area (Å²) in [4.78, 5) is 11.5. The lowest BCUT2D eigenvalue weighted by atomic mass is 10.3. The number of benzene rings is 1. The van der Waals surface area contributed by atoms with E-state index >= 15 is 0 Å². The van der Waals surface area contributed by atoms with Crippen molar-refractivity contribution in [2.24, 2.45) is 0 Å². The Bertz CT molecular complexity index is 544. The summed E-state index contributed by atoms with van der Waals surface area (Å²) in [6.07, 6.45) is -0.364. The monoisotopic (exact) mass is 384 g/mol. The molecule has 10 heteroatoms. The van der Waals surface area contributed by atoms with Crippen molar-refractivity contribution in [3.63, 3.8) is 0 Å². The number of carbonyl (C=O) groups excluding carboxylic acids is 1. The van der Waals surface area contributed by atoms with E-state index in [1.807, 2.05) is 0 Å². The van der Waals surface area contributed by atoms with Gasteiger partial charge < -0.3 is 23.7 Å². The topological polar surface area (TPSA) is 63.2 Å². The van der Waals surface area contributed by atoms with Crippen LogP contribution in [0, 0.1) is 23.3 Å². The minimum Gasteiger partial charge on any atom is -0.420 e. The van der Waals surface area contributed by atoms with Gasteiger partial charge in [-0.15, -0.1) is 0 Å². The van der Waals surface area contributed by atoms with Crippen LogP contribution in [0.1, 0.15) is 6.42 Å². The van der Waals surface area contributed by atoms with Crippen LogP contribution >= 0.6 is 0 Å². The summed E-state index contributed by atoms with van der Waals surface area (Å²) >= 11 is 0. The van der Waals surface area contributed by atoms with Crippen molar-refractivity contribution in [3.05, 3.63) is 29.3 Å². The summed E-state index contributed by atoms with van der Waals surface area (Å²) in [5.41, 5.74) is 0. The largest absolute Gasteiger partial charge is 0.420 e. The van der Waals surface area contributed by atoms with Crippen molar-refractivity contribution in [2.45, 2.75) is 6.42 Å². The predicted molar refractivity (Wildman–Crippen MR) is 80.9 cm³/mol. The molecule has 1 aromatic carbocycles. The Morgan fingerprint density at radius 2 is 1.27 bits per heavy atom. The summed E-state index contributed by atoms with van der Waals surface area (Å²) < 4.78 is 77.2. The SMILES string of the molecule is COCCOCCOCCOCCC(=O)Oc1c(F)c(F)cc(F)c1F. The lowest BCUT2D eigenvalue weighted by Crippen LogP contribution is -2.16. The Balaban J connectivity index is 2.15. The maximum absolute atomic E-state index is 13.3. The lowest BCUT2D eigenvalue weighted by molar-refractivity contribution is -0.136. The van der Waals surface area contributed by atoms with E-state index in [1.54, 1.807) is 7.11 Å². The van der Waals surface area contributed by atoms with Crippen LogP contribution in [0.15, 0.2) is 6.07 Å². The first-order chi connectivity index (χ1) is 12.5. The van der Waals surface area contributed by atoms with Gasteiger partial charge in [0.25, 0.3) is 0 Å². The van der Waals surface area contributed by atoms with Gasteiger partial charge >= 0.3 is 5.97 Å². The number of rotatable bonds is 13. The van der Waals surface area contributed by atoms with Crippen LogP contribution in [0.4, 0.5) is 17.6 Å². The zero-order valence-corrected chi connectivity index (χ0v) is 14.2. The van der Waals surface area contributed by atoms with E-state index in [4.69, 9.17) is 18.9 Å². The Morgan fingerprint density at radius 3 is 1.77 bits per heavy atom. The smallest absolute Gasteiger partial charge is 0.313 e. The number of hydrogen-bond donors (Lipinski definition) is 0. The first kappa shape index (κ1) is 22.3. The average Bonchev–Trinajstić information content (AvgIpc) is 2.61. The van der Waals surface area contributed by atoms with Gasteiger partial charge in [0, 0.05) is 13.2 Å². The number of hydrogen-bond acceptors (Lipinski definition) is 6. The Hall–Kier alpha value is -1.75. The van der Waals surface area contributed by atoms with Crippen LogP contribution in [0.2, 0.25) is 0 Å². The number of ether oxygens (including phenoxy) is 5. The molecule has 0 aliphatic carbocycles. The molecule has 0 amide bonds. The van der Waals surface area contributed by atoms with Crippen molar-refractivity contribution in [3.8, 4) is 5.75 Å². The molecule has 0 spiro atoms. The molecule has 0 heterocycles. The van der Waals surface area contributed by atoms with Gasteiger partial charge in [0.2, 0.25) is 17.4 Å². The second kappa shape index (κ2) is 12.6. The molecule has 148 valence electrons. The second-order valence-electron chi connectivity index (χ2n) is 4.85. The third-order valence-electron chi connectivity index (χ3n) is 2.91. The molecule has 0 aliphatic rings. The highest BCUT2D eigenvalue weighted by Gasteiger charge is 2.22. The molecule has 0 atom stereocenters. The van der Waals surface area contributed by atoms with E-state index in [2.05, 4.69) is 4.74 Å². The molecule has 0 aromatic heterocycles. The normalized spacial score (nSPS) is 11.0. The number of esters is 1. The molecular formula is C16H20F4O6. The summed E-state index contributed by atoms with van der Waals surface area (Å²) in [7, 11) is 1.57. The molecule has 0 saturated heterocycles. The van der Waals surface area contributed by atoms with Gasteiger partial charge in [0.15, 0.2) is 11.6 Å². The summed E-state index contributed by atoms with van der Waals surface area (Å²) in [6.45, 7) is 2.03. The van der Waals surface area contributed by atoms with Crippen LogP contribution < -0.4 is 4.74 Å². The third kappa shape index (κ3) is 8.09. The van der Waals surface area contributed by atoms with E-state index in [0.29, 0.717) is 26.4 Å². The fourth-order valence-corrected chi connectivity index (χ4v) is 1.65. The van der Waals surface area contributed by atoms with E-state index in [1.165, 1.54) is 0 Å². The molecule has 0 unspecified atom stereocenters. The van der Waals surface area contributed by atoms with Crippen molar-refractivity contribution in [1.29, 1.82) is 0 Å². The summed E-state index contributed by atoms with van der Waals surface area (Å²) in [5.74, 6) is -9.39. The van der Waals surface area contributed by atoms with Gasteiger partial charge in [-0.05, 0) is 0 Å². The number of carbonyl (C=O) groups is 1. The molecule has 0 aliphatic heterocycles. The number of methoxy groups -OCH3 is 1. The van der Waals surface area contributed by atoms with Gasteiger partial charge in [-0.2, -0.15) is 8.78 Å². The van der Waals surface area contributed by atoms with Crippen LogP contribution in [-0.4, -0.2) is 59.3 Å². The molecule has 0 bridgehead atoms. The molecular weight excluding hydrogens is 364 g/mol. The van der Waals surface area contributed by atoms with Gasteiger partial charge in [0.05, 0.1) is 52.7 Å². The maximum atomic E-state index is 13.3.